The van der Waals surface area contributed by atoms with Crippen molar-refractivity contribution in [1.29, 1.82) is 0 Å². The molecule has 0 unspecified atom stereocenters. The van der Waals surface area contributed by atoms with Crippen molar-refractivity contribution in [3.63, 3.8) is 0 Å². The number of anilines is 1. The van der Waals surface area contributed by atoms with Gasteiger partial charge in [-0.2, -0.15) is 0 Å². The Hall–Kier alpha value is -3.55. The molecule has 1 aliphatic carbocycles. The molecule has 41 heavy (non-hydrogen) atoms. The summed E-state index contributed by atoms with van der Waals surface area (Å²) in [6.07, 6.45) is 6.13. The van der Waals surface area contributed by atoms with Crippen molar-refractivity contribution in [1.82, 2.24) is 0 Å². The van der Waals surface area contributed by atoms with Gasteiger partial charge in [-0.3, -0.25) is 0 Å². The van der Waals surface area contributed by atoms with Crippen molar-refractivity contribution < 1.29 is 28.1 Å². The van der Waals surface area contributed by atoms with Gasteiger partial charge in [0.15, 0.2) is 6.29 Å². The molecule has 0 atom stereocenters. The summed E-state index contributed by atoms with van der Waals surface area (Å²) in [4.78, 5) is 2.16. The maximum atomic E-state index is 15.7. The lowest BCUT2D eigenvalue weighted by Crippen LogP contribution is -2.50. The highest BCUT2D eigenvalue weighted by molar-refractivity contribution is 5.87. The fourth-order valence-electron chi connectivity index (χ4n) is 6.78. The number of hydrogen-bond donors (Lipinski definition) is 0. The molecule has 6 nitrogen and oxygen atoms in total. The monoisotopic (exact) mass is 559 g/mol. The molecule has 0 aromatic heterocycles. The van der Waals surface area contributed by atoms with Crippen molar-refractivity contribution in [2.45, 2.75) is 38.6 Å². The molecular weight excluding hydrogens is 521 g/mol. The largest absolute Gasteiger partial charge is 0.496 e. The number of nitrogens with zero attached hydrogens (tertiary/aromatic N) is 1. The third-order valence-electron chi connectivity index (χ3n) is 8.98. The first-order chi connectivity index (χ1) is 20.0. The van der Waals surface area contributed by atoms with Crippen LogP contribution in [0.5, 0.6) is 17.2 Å². The third-order valence-corrected chi connectivity index (χ3v) is 8.98. The van der Waals surface area contributed by atoms with Crippen LogP contribution in [0.4, 0.5) is 10.1 Å². The summed E-state index contributed by atoms with van der Waals surface area (Å²) in [7, 11) is 5.05. The van der Waals surface area contributed by atoms with Crippen molar-refractivity contribution in [2.24, 2.45) is 11.3 Å². The Balaban J connectivity index is 1.17. The molecule has 2 aliphatic heterocycles. The predicted molar refractivity (Wildman–Crippen MR) is 157 cm³/mol. The molecular formula is C34H38FNO5. The third kappa shape index (κ3) is 5.53. The first-order valence-corrected chi connectivity index (χ1v) is 14.3. The van der Waals surface area contributed by atoms with Gasteiger partial charge < -0.3 is 28.6 Å². The van der Waals surface area contributed by atoms with E-state index in [-0.39, 0.29) is 12.1 Å². The minimum atomic E-state index is -0.237. The summed E-state index contributed by atoms with van der Waals surface area (Å²) in [5, 5.41) is 0. The van der Waals surface area contributed by atoms with Gasteiger partial charge in [-0.15, -0.1) is 0 Å². The fourth-order valence-corrected chi connectivity index (χ4v) is 6.78. The average Bonchev–Trinajstić information content (AvgIpc) is 3.00. The summed E-state index contributed by atoms with van der Waals surface area (Å²) in [6.45, 7) is 2.50. The highest BCUT2D eigenvalue weighted by Crippen LogP contribution is 2.54. The first kappa shape index (κ1) is 27.6. The second kappa shape index (κ2) is 11.7. The number of halogens is 1. The van der Waals surface area contributed by atoms with Gasteiger partial charge in [0.2, 0.25) is 0 Å². The van der Waals surface area contributed by atoms with E-state index in [1.54, 1.807) is 27.4 Å². The predicted octanol–water partition coefficient (Wildman–Crippen LogP) is 6.85. The Morgan fingerprint density at radius 2 is 1.71 bits per heavy atom. The number of fused-ring (bicyclic) bond motifs is 1. The molecule has 3 aliphatic rings. The summed E-state index contributed by atoms with van der Waals surface area (Å²) in [5.41, 5.74) is 4.51. The Labute approximate surface area is 241 Å². The van der Waals surface area contributed by atoms with E-state index in [0.29, 0.717) is 41.7 Å². The Bertz CT molecular complexity index is 1390. The smallest absolute Gasteiger partial charge is 0.159 e. The molecule has 1 spiro atoms. The van der Waals surface area contributed by atoms with Gasteiger partial charge in [-0.05, 0) is 66.5 Å². The van der Waals surface area contributed by atoms with E-state index in [1.165, 1.54) is 0 Å². The van der Waals surface area contributed by atoms with Crippen molar-refractivity contribution >= 4 is 11.3 Å². The second-order valence-electron chi connectivity index (χ2n) is 11.4. The van der Waals surface area contributed by atoms with Crippen molar-refractivity contribution in [2.75, 3.05) is 45.9 Å². The van der Waals surface area contributed by atoms with E-state index < -0.39 is 0 Å². The van der Waals surface area contributed by atoms with Crippen LogP contribution in [0.2, 0.25) is 0 Å². The molecule has 3 aromatic rings. The Kier molecular flexibility index (Phi) is 7.91. The van der Waals surface area contributed by atoms with Gasteiger partial charge in [-0.25, -0.2) is 4.39 Å². The van der Waals surface area contributed by atoms with Crippen LogP contribution in [-0.2, 0) is 16.1 Å². The molecule has 6 rings (SSSR count). The first-order valence-electron chi connectivity index (χ1n) is 14.3. The van der Waals surface area contributed by atoms with Gasteiger partial charge in [0, 0.05) is 56.5 Å². The summed E-state index contributed by atoms with van der Waals surface area (Å²) < 4.78 is 44.5. The zero-order chi connectivity index (χ0) is 28.4. The molecule has 0 radical (unpaired) electrons. The SMILES string of the molecule is COc1cc(N2CCC3(CC2)CC(C(OC)OC)C3)c(F)cc1C1=CCOc2cc(OCc3ccccc3)ccc21. The van der Waals surface area contributed by atoms with Crippen molar-refractivity contribution in [3.8, 4) is 17.2 Å². The Morgan fingerprint density at radius 3 is 2.41 bits per heavy atom. The van der Waals surface area contributed by atoms with Crippen LogP contribution < -0.4 is 19.1 Å². The highest BCUT2D eigenvalue weighted by Gasteiger charge is 2.49. The number of rotatable bonds is 9. The summed E-state index contributed by atoms with van der Waals surface area (Å²) >= 11 is 0. The minimum absolute atomic E-state index is 0.133. The number of benzene rings is 3. The molecule has 1 saturated carbocycles. The van der Waals surface area contributed by atoms with E-state index in [0.717, 1.165) is 66.8 Å². The van der Waals surface area contributed by atoms with Crippen LogP contribution in [0.25, 0.3) is 5.57 Å². The van der Waals surface area contributed by atoms with Crippen LogP contribution in [0.15, 0.2) is 66.7 Å². The quantitative estimate of drug-likeness (QED) is 0.267. The zero-order valence-corrected chi connectivity index (χ0v) is 24.0. The maximum Gasteiger partial charge on any atom is 0.159 e. The fraction of sp³-hybridized carbons (Fsp3) is 0.412. The maximum absolute atomic E-state index is 15.7. The van der Waals surface area contributed by atoms with Crippen LogP contribution in [0.1, 0.15) is 42.4 Å². The number of ether oxygens (including phenoxy) is 5. The Morgan fingerprint density at radius 1 is 0.951 bits per heavy atom. The lowest BCUT2D eigenvalue weighted by Gasteiger charge is -2.54. The summed E-state index contributed by atoms with van der Waals surface area (Å²) in [6, 6.07) is 19.3. The molecule has 0 amide bonds. The topological polar surface area (TPSA) is 49.4 Å². The van der Waals surface area contributed by atoms with Gasteiger partial charge in [0.1, 0.15) is 36.3 Å². The van der Waals surface area contributed by atoms with E-state index in [9.17, 15) is 0 Å². The summed E-state index contributed by atoms with van der Waals surface area (Å²) in [5.74, 6) is 2.29. The highest BCUT2D eigenvalue weighted by atomic mass is 19.1. The molecule has 1 saturated heterocycles. The van der Waals surface area contributed by atoms with Crippen LogP contribution in [0.3, 0.4) is 0 Å². The minimum Gasteiger partial charge on any atom is -0.496 e. The van der Waals surface area contributed by atoms with Crippen LogP contribution in [-0.4, -0.2) is 47.3 Å². The van der Waals surface area contributed by atoms with Crippen molar-refractivity contribution in [3.05, 3.63) is 89.2 Å². The standard InChI is InChI=1S/C34H38FNO5/c1-37-31-19-30(36-14-12-34(13-15-36)20-24(21-34)33(38-2)39-3)29(35)18-28(31)26-11-16-40-32-17-25(9-10-27(26)32)41-22-23-7-5-4-6-8-23/h4-11,17-19,24,33H,12-16,20-22H2,1-3H3. The average molecular weight is 560 g/mol. The van der Waals surface area contributed by atoms with E-state index in [4.69, 9.17) is 23.7 Å². The van der Waals surface area contributed by atoms with Gasteiger partial charge >= 0.3 is 0 Å². The number of methoxy groups -OCH3 is 3. The second-order valence-corrected chi connectivity index (χ2v) is 11.4. The molecule has 0 N–H and O–H groups in total. The van der Waals surface area contributed by atoms with E-state index in [2.05, 4.69) is 4.90 Å². The van der Waals surface area contributed by atoms with Gasteiger partial charge in [-0.1, -0.05) is 30.3 Å². The van der Waals surface area contributed by atoms with E-state index >= 15 is 4.39 Å². The van der Waals surface area contributed by atoms with Crippen LogP contribution >= 0.6 is 0 Å². The molecule has 3 aromatic carbocycles. The normalized spacial score (nSPS) is 18.0. The van der Waals surface area contributed by atoms with E-state index in [1.807, 2.05) is 60.7 Å². The lowest BCUT2D eigenvalue weighted by atomic mass is 9.57. The molecule has 2 heterocycles. The van der Waals surface area contributed by atoms with Gasteiger partial charge in [0.25, 0.3) is 0 Å². The van der Waals surface area contributed by atoms with Gasteiger partial charge in [0.05, 0.1) is 12.8 Å². The zero-order valence-electron chi connectivity index (χ0n) is 24.0. The molecule has 2 fully saturated rings. The number of hydrogen-bond acceptors (Lipinski definition) is 6. The molecule has 7 heteroatoms. The lowest BCUT2D eigenvalue weighted by molar-refractivity contribution is -0.184. The van der Waals surface area contributed by atoms with Crippen LogP contribution in [0, 0.1) is 17.2 Å². The molecule has 0 bridgehead atoms. The number of piperidine rings is 1. The molecule has 216 valence electrons.